The maximum Gasteiger partial charge on any atom is 0.316 e. The molecule has 3 rings (SSSR count). The molecule has 0 N–H and O–H groups in total. The Balaban J connectivity index is 1.71. The highest BCUT2D eigenvalue weighted by Crippen LogP contribution is 2.31. The van der Waals surface area contributed by atoms with Crippen molar-refractivity contribution in [3.05, 3.63) is 64.2 Å². The lowest BCUT2D eigenvalue weighted by molar-refractivity contribution is -0.384. The van der Waals surface area contributed by atoms with Crippen LogP contribution in [0.25, 0.3) is 0 Å². The van der Waals surface area contributed by atoms with E-state index in [0.717, 1.165) is 12.0 Å². The van der Waals surface area contributed by atoms with Crippen molar-refractivity contribution in [2.75, 3.05) is 11.4 Å². The van der Waals surface area contributed by atoms with Crippen LogP contribution in [0.5, 0.6) is 5.75 Å². The molecule has 7 heteroatoms. The fourth-order valence-electron chi connectivity index (χ4n) is 3.26. The van der Waals surface area contributed by atoms with Gasteiger partial charge in [0.05, 0.1) is 10.8 Å². The van der Waals surface area contributed by atoms with Crippen LogP contribution in [0.2, 0.25) is 0 Å². The van der Waals surface area contributed by atoms with E-state index in [-0.39, 0.29) is 30.5 Å². The zero-order valence-electron chi connectivity index (χ0n) is 15.8. The molecule has 1 aliphatic rings. The number of para-hydroxylation sites is 1. The molecule has 0 radical (unpaired) electrons. The Morgan fingerprint density at radius 2 is 1.93 bits per heavy atom. The van der Waals surface area contributed by atoms with E-state index in [1.165, 1.54) is 29.2 Å². The average molecular weight is 382 g/mol. The number of rotatable bonds is 6. The first-order valence-electron chi connectivity index (χ1n) is 9.26. The Morgan fingerprint density at radius 1 is 1.25 bits per heavy atom. The van der Waals surface area contributed by atoms with Crippen LogP contribution >= 0.6 is 0 Å². The van der Waals surface area contributed by atoms with Crippen LogP contribution < -0.4 is 9.64 Å². The van der Waals surface area contributed by atoms with E-state index >= 15 is 0 Å². The zero-order chi connectivity index (χ0) is 20.3. The van der Waals surface area contributed by atoms with Gasteiger partial charge < -0.3 is 9.64 Å². The van der Waals surface area contributed by atoms with Gasteiger partial charge in [0.25, 0.3) is 5.69 Å². The van der Waals surface area contributed by atoms with E-state index in [9.17, 15) is 19.7 Å². The predicted octanol–water partition coefficient (Wildman–Crippen LogP) is 4.07. The topological polar surface area (TPSA) is 89.8 Å². The summed E-state index contributed by atoms with van der Waals surface area (Å²) in [6, 6.07) is 13.2. The molecule has 0 saturated carbocycles. The highest BCUT2D eigenvalue weighted by molar-refractivity contribution is 5.99. The summed E-state index contributed by atoms with van der Waals surface area (Å²) in [6.07, 6.45) is 0.978. The molecule has 2 atom stereocenters. The van der Waals surface area contributed by atoms with Crippen molar-refractivity contribution in [2.24, 2.45) is 5.92 Å². The molecule has 1 heterocycles. The number of hydrogen-bond acceptors (Lipinski definition) is 5. The predicted molar refractivity (Wildman–Crippen MR) is 104 cm³/mol. The molecule has 7 nitrogen and oxygen atoms in total. The first-order chi connectivity index (χ1) is 13.4. The summed E-state index contributed by atoms with van der Waals surface area (Å²) in [4.78, 5) is 36.8. The molecule has 1 fully saturated rings. The van der Waals surface area contributed by atoms with Gasteiger partial charge >= 0.3 is 5.97 Å². The number of benzene rings is 2. The van der Waals surface area contributed by atoms with Gasteiger partial charge in [0.15, 0.2) is 0 Å². The number of non-ortho nitro benzene ring substituents is 1. The van der Waals surface area contributed by atoms with Gasteiger partial charge in [-0.3, -0.25) is 19.7 Å². The van der Waals surface area contributed by atoms with Crippen molar-refractivity contribution in [2.45, 2.75) is 32.6 Å². The number of nitro groups is 1. The standard InChI is InChI=1S/C21H22N2O5/c1-3-14(2)18-6-4-5-7-19(18)28-21(25)15-12-20(24)22(13-15)16-8-10-17(11-9-16)23(26)27/h4-11,14-15H,3,12-13H2,1-2H3/t14-,15-/m0/s1. The second-order valence-electron chi connectivity index (χ2n) is 6.95. The first-order valence-corrected chi connectivity index (χ1v) is 9.26. The number of carbonyl (C=O) groups is 2. The van der Waals surface area contributed by atoms with Crippen molar-refractivity contribution in [1.82, 2.24) is 0 Å². The number of amides is 1. The monoisotopic (exact) mass is 382 g/mol. The van der Waals surface area contributed by atoms with Gasteiger partial charge in [-0.05, 0) is 36.1 Å². The first kappa shape index (κ1) is 19.5. The molecule has 0 aromatic heterocycles. The molecule has 1 saturated heterocycles. The Hall–Kier alpha value is -3.22. The molecule has 1 amide bonds. The molecule has 0 spiro atoms. The second kappa shape index (κ2) is 8.21. The smallest absolute Gasteiger partial charge is 0.316 e. The number of esters is 1. The van der Waals surface area contributed by atoms with E-state index in [0.29, 0.717) is 11.4 Å². The molecule has 0 unspecified atom stereocenters. The molecule has 28 heavy (non-hydrogen) atoms. The summed E-state index contributed by atoms with van der Waals surface area (Å²) < 4.78 is 5.63. The van der Waals surface area contributed by atoms with Gasteiger partial charge in [-0.25, -0.2) is 0 Å². The Bertz CT molecular complexity index is 894. The van der Waals surface area contributed by atoms with Crippen LogP contribution in [-0.2, 0) is 9.59 Å². The number of nitrogens with zero attached hydrogens (tertiary/aromatic N) is 2. The van der Waals surface area contributed by atoms with Crippen molar-refractivity contribution in [3.8, 4) is 5.75 Å². The van der Waals surface area contributed by atoms with E-state index in [4.69, 9.17) is 4.74 Å². The van der Waals surface area contributed by atoms with Crippen molar-refractivity contribution < 1.29 is 19.2 Å². The maximum atomic E-state index is 12.7. The zero-order valence-corrected chi connectivity index (χ0v) is 15.8. The highest BCUT2D eigenvalue weighted by Gasteiger charge is 2.36. The normalized spacial score (nSPS) is 17.4. The third kappa shape index (κ3) is 4.03. The quantitative estimate of drug-likeness (QED) is 0.325. The fraction of sp³-hybridized carbons (Fsp3) is 0.333. The van der Waals surface area contributed by atoms with E-state index in [1.54, 1.807) is 6.07 Å². The fourth-order valence-corrected chi connectivity index (χ4v) is 3.26. The maximum absolute atomic E-state index is 12.7. The minimum absolute atomic E-state index is 0.0481. The van der Waals surface area contributed by atoms with Gasteiger partial charge in [0.1, 0.15) is 5.75 Å². The van der Waals surface area contributed by atoms with Gasteiger partial charge in [-0.2, -0.15) is 0 Å². The van der Waals surface area contributed by atoms with E-state index in [2.05, 4.69) is 13.8 Å². The SMILES string of the molecule is CC[C@H](C)c1ccccc1OC(=O)[C@H]1CC(=O)N(c2ccc([N+](=O)[O-])cc2)C1. The summed E-state index contributed by atoms with van der Waals surface area (Å²) >= 11 is 0. The van der Waals surface area contributed by atoms with E-state index in [1.807, 2.05) is 18.2 Å². The number of carbonyl (C=O) groups excluding carboxylic acids is 2. The third-order valence-electron chi connectivity index (χ3n) is 5.10. The molecular formula is C21H22N2O5. The van der Waals surface area contributed by atoms with Crippen molar-refractivity contribution in [1.29, 1.82) is 0 Å². The van der Waals surface area contributed by atoms with Crippen LogP contribution in [0.15, 0.2) is 48.5 Å². The molecular weight excluding hydrogens is 360 g/mol. The van der Waals surface area contributed by atoms with Crippen LogP contribution in [0, 0.1) is 16.0 Å². The molecule has 1 aliphatic heterocycles. The summed E-state index contributed by atoms with van der Waals surface area (Å²) in [5.74, 6) is -0.430. The molecule has 0 bridgehead atoms. The second-order valence-corrected chi connectivity index (χ2v) is 6.95. The number of ether oxygens (including phenoxy) is 1. The molecule has 146 valence electrons. The molecule has 2 aromatic carbocycles. The number of anilines is 1. The molecule has 0 aliphatic carbocycles. The van der Waals surface area contributed by atoms with Gasteiger partial charge in [0.2, 0.25) is 5.91 Å². The van der Waals surface area contributed by atoms with Crippen molar-refractivity contribution in [3.63, 3.8) is 0 Å². The largest absolute Gasteiger partial charge is 0.426 e. The number of nitro benzene ring substituents is 1. The van der Waals surface area contributed by atoms with Crippen LogP contribution in [0.4, 0.5) is 11.4 Å². The van der Waals surface area contributed by atoms with Crippen LogP contribution in [0.3, 0.4) is 0 Å². The van der Waals surface area contributed by atoms with Gasteiger partial charge in [-0.1, -0.05) is 32.0 Å². The Morgan fingerprint density at radius 3 is 2.57 bits per heavy atom. The van der Waals surface area contributed by atoms with Crippen LogP contribution in [-0.4, -0.2) is 23.3 Å². The lowest BCUT2D eigenvalue weighted by Gasteiger charge is -2.17. The van der Waals surface area contributed by atoms with E-state index < -0.39 is 16.8 Å². The van der Waals surface area contributed by atoms with Gasteiger partial charge in [-0.15, -0.1) is 0 Å². The minimum atomic E-state index is -0.576. The van der Waals surface area contributed by atoms with Gasteiger partial charge in [0, 0.05) is 30.8 Å². The summed E-state index contributed by atoms with van der Waals surface area (Å²) in [6.45, 7) is 4.34. The third-order valence-corrected chi connectivity index (χ3v) is 5.10. The highest BCUT2D eigenvalue weighted by atomic mass is 16.6. The Kier molecular flexibility index (Phi) is 5.73. The summed E-state index contributed by atoms with van der Waals surface area (Å²) in [5, 5.41) is 10.8. The van der Waals surface area contributed by atoms with Crippen molar-refractivity contribution >= 4 is 23.3 Å². The summed E-state index contributed by atoms with van der Waals surface area (Å²) in [5.41, 5.74) is 1.45. The lowest BCUT2D eigenvalue weighted by atomic mass is 9.98. The molecule has 2 aromatic rings. The lowest BCUT2D eigenvalue weighted by Crippen LogP contribution is -2.27. The number of hydrogen-bond donors (Lipinski definition) is 0. The summed E-state index contributed by atoms with van der Waals surface area (Å²) in [7, 11) is 0. The average Bonchev–Trinajstić information content (AvgIpc) is 3.09. The minimum Gasteiger partial charge on any atom is -0.426 e. The van der Waals surface area contributed by atoms with Crippen LogP contribution in [0.1, 0.15) is 38.2 Å². The Labute approximate surface area is 163 Å².